The molecule has 0 radical (unpaired) electrons. The van der Waals surface area contributed by atoms with Crippen LogP contribution in [0.1, 0.15) is 36.0 Å². The van der Waals surface area contributed by atoms with Crippen molar-refractivity contribution in [3.8, 4) is 5.75 Å². The Hall–Kier alpha value is -1.95. The van der Waals surface area contributed by atoms with Crippen molar-refractivity contribution in [2.75, 3.05) is 6.54 Å². The van der Waals surface area contributed by atoms with Gasteiger partial charge in [-0.25, -0.2) is 0 Å². The number of benzene rings is 1. The number of phenolic OH excluding ortho intramolecular Hbond substituents is 1. The van der Waals surface area contributed by atoms with Crippen molar-refractivity contribution in [3.05, 3.63) is 28.8 Å². The van der Waals surface area contributed by atoms with Crippen LogP contribution in [-0.2, 0) is 0 Å². The van der Waals surface area contributed by atoms with Gasteiger partial charge in [0.2, 0.25) is 0 Å². The number of carbonyl (C=O) groups excluding carboxylic acids is 1. The zero-order valence-electron chi connectivity index (χ0n) is 11.5. The fourth-order valence-electron chi connectivity index (χ4n) is 2.62. The van der Waals surface area contributed by atoms with E-state index in [0.717, 1.165) is 25.7 Å². The van der Waals surface area contributed by atoms with Crippen molar-refractivity contribution in [1.29, 1.82) is 0 Å². The van der Waals surface area contributed by atoms with Gasteiger partial charge in [0.25, 0.3) is 5.91 Å². The van der Waals surface area contributed by atoms with Crippen molar-refractivity contribution in [2.45, 2.75) is 31.7 Å². The van der Waals surface area contributed by atoms with E-state index in [1.807, 2.05) is 0 Å². The Kier molecular flexibility index (Phi) is 4.90. The first kappa shape index (κ1) is 15.4. The van der Waals surface area contributed by atoms with Gasteiger partial charge in [-0.3, -0.25) is 4.79 Å². The molecule has 21 heavy (non-hydrogen) atoms. The molecule has 0 unspecified atom stereocenters. The van der Waals surface area contributed by atoms with Crippen LogP contribution in [0.3, 0.4) is 0 Å². The number of nitrogens with zero attached hydrogens (tertiary/aromatic N) is 2. The maximum Gasteiger partial charge on any atom is 0.258 e. The average molecular weight is 312 g/mol. The Morgan fingerprint density at radius 1 is 1.43 bits per heavy atom. The molecule has 0 aromatic heterocycles. The van der Waals surface area contributed by atoms with E-state index in [2.05, 4.69) is 5.16 Å². The van der Waals surface area contributed by atoms with Gasteiger partial charge in [-0.05, 0) is 31.0 Å². The number of hydrogen-bond acceptors (Lipinski definition) is 4. The van der Waals surface area contributed by atoms with Crippen molar-refractivity contribution >= 4 is 23.3 Å². The van der Waals surface area contributed by atoms with Gasteiger partial charge in [0, 0.05) is 11.1 Å². The lowest BCUT2D eigenvalue weighted by Gasteiger charge is -2.28. The van der Waals surface area contributed by atoms with Crippen LogP contribution in [0, 0.1) is 0 Å². The van der Waals surface area contributed by atoms with Gasteiger partial charge in [0.05, 0.1) is 12.1 Å². The lowest BCUT2D eigenvalue weighted by Crippen LogP contribution is -2.44. The van der Waals surface area contributed by atoms with Crippen LogP contribution in [0.5, 0.6) is 5.75 Å². The second-order valence-corrected chi connectivity index (χ2v) is 5.56. The minimum Gasteiger partial charge on any atom is -0.507 e. The Morgan fingerprint density at radius 3 is 2.71 bits per heavy atom. The summed E-state index contributed by atoms with van der Waals surface area (Å²) in [5, 5.41) is 21.9. The Morgan fingerprint density at radius 2 is 2.10 bits per heavy atom. The Bertz CT molecular complexity index is 556. The number of amides is 1. The molecule has 1 fully saturated rings. The first-order valence-electron chi connectivity index (χ1n) is 6.79. The average Bonchev–Trinajstić information content (AvgIpc) is 3.00. The number of amidine groups is 1. The molecular formula is C14H18ClN3O3. The lowest BCUT2D eigenvalue weighted by molar-refractivity contribution is 0.0709. The molecule has 1 aromatic carbocycles. The van der Waals surface area contributed by atoms with E-state index in [4.69, 9.17) is 22.5 Å². The predicted octanol–water partition coefficient (Wildman–Crippen LogP) is 2.18. The van der Waals surface area contributed by atoms with Gasteiger partial charge in [-0.2, -0.15) is 0 Å². The van der Waals surface area contributed by atoms with Gasteiger partial charge in [0.1, 0.15) is 5.75 Å². The summed E-state index contributed by atoms with van der Waals surface area (Å²) in [5.74, 6) is -0.544. The molecule has 1 aliphatic rings. The molecule has 1 saturated carbocycles. The maximum absolute atomic E-state index is 12.7. The van der Waals surface area contributed by atoms with Gasteiger partial charge in [0.15, 0.2) is 5.84 Å². The van der Waals surface area contributed by atoms with E-state index >= 15 is 0 Å². The van der Waals surface area contributed by atoms with Crippen molar-refractivity contribution in [1.82, 2.24) is 4.90 Å². The minimum absolute atomic E-state index is 0.0198. The second kappa shape index (κ2) is 6.67. The summed E-state index contributed by atoms with van der Waals surface area (Å²) < 4.78 is 0. The quantitative estimate of drug-likeness (QED) is 0.343. The van der Waals surface area contributed by atoms with Crippen molar-refractivity contribution in [2.24, 2.45) is 10.9 Å². The molecule has 1 aliphatic carbocycles. The molecule has 0 atom stereocenters. The van der Waals surface area contributed by atoms with Crippen LogP contribution in [-0.4, -0.2) is 39.5 Å². The molecule has 0 aliphatic heterocycles. The highest BCUT2D eigenvalue weighted by molar-refractivity contribution is 6.31. The van der Waals surface area contributed by atoms with E-state index in [9.17, 15) is 9.90 Å². The molecule has 7 heteroatoms. The van der Waals surface area contributed by atoms with Gasteiger partial charge in [-0.15, -0.1) is 0 Å². The van der Waals surface area contributed by atoms with E-state index in [-0.39, 0.29) is 35.6 Å². The number of oxime groups is 1. The van der Waals surface area contributed by atoms with E-state index in [1.54, 1.807) is 0 Å². The molecule has 4 N–H and O–H groups in total. The molecule has 114 valence electrons. The zero-order chi connectivity index (χ0) is 15.4. The summed E-state index contributed by atoms with van der Waals surface area (Å²) in [5.41, 5.74) is 5.67. The molecule has 0 spiro atoms. The third-order valence-electron chi connectivity index (χ3n) is 3.68. The number of nitrogens with two attached hydrogens (primary N) is 1. The maximum atomic E-state index is 12.7. The number of hydrogen-bond donors (Lipinski definition) is 3. The monoisotopic (exact) mass is 311 g/mol. The molecule has 1 amide bonds. The van der Waals surface area contributed by atoms with Crippen molar-refractivity contribution < 1.29 is 15.1 Å². The molecule has 0 saturated heterocycles. The summed E-state index contributed by atoms with van der Waals surface area (Å²) in [7, 11) is 0. The Labute approximate surface area is 127 Å². The highest BCUT2D eigenvalue weighted by atomic mass is 35.5. The predicted molar refractivity (Wildman–Crippen MR) is 79.8 cm³/mol. The summed E-state index contributed by atoms with van der Waals surface area (Å²) in [4.78, 5) is 14.2. The SMILES string of the molecule is NC(CN(C(=O)c1cc(Cl)ccc1O)C1CCCC1)=NO. The van der Waals surface area contributed by atoms with Crippen molar-refractivity contribution in [3.63, 3.8) is 0 Å². The topological polar surface area (TPSA) is 99.2 Å². The standard InChI is InChI=1S/C14H18ClN3O3/c15-9-5-6-12(19)11(7-9)14(20)18(8-13(16)17-21)10-3-1-2-4-10/h5-7,10,19,21H,1-4,8H2,(H2,16,17). The van der Waals surface area contributed by atoms with Crippen LogP contribution in [0.2, 0.25) is 5.02 Å². The molecule has 6 nitrogen and oxygen atoms in total. The molecule has 2 rings (SSSR count). The third-order valence-corrected chi connectivity index (χ3v) is 3.91. The van der Waals surface area contributed by atoms with Gasteiger partial charge in [-0.1, -0.05) is 29.6 Å². The number of halogens is 1. The number of phenols is 1. The highest BCUT2D eigenvalue weighted by Crippen LogP contribution is 2.28. The fraction of sp³-hybridized carbons (Fsp3) is 0.429. The number of rotatable bonds is 4. The minimum atomic E-state index is -0.367. The Balaban J connectivity index is 2.30. The van der Waals surface area contributed by atoms with Crippen LogP contribution >= 0.6 is 11.6 Å². The second-order valence-electron chi connectivity index (χ2n) is 5.12. The van der Waals surface area contributed by atoms with Crippen LogP contribution in [0.4, 0.5) is 0 Å². The highest BCUT2D eigenvalue weighted by Gasteiger charge is 2.29. The van der Waals surface area contributed by atoms with E-state index in [1.165, 1.54) is 23.1 Å². The normalized spacial score (nSPS) is 16.1. The third kappa shape index (κ3) is 3.58. The smallest absolute Gasteiger partial charge is 0.258 e. The summed E-state index contributed by atoms with van der Waals surface area (Å²) in [6, 6.07) is 4.34. The van der Waals surface area contributed by atoms with Crippen LogP contribution in [0.25, 0.3) is 0 Å². The summed E-state index contributed by atoms with van der Waals surface area (Å²) >= 11 is 5.89. The molecule has 0 bridgehead atoms. The number of carbonyl (C=O) groups is 1. The van der Waals surface area contributed by atoms with E-state index in [0.29, 0.717) is 5.02 Å². The lowest BCUT2D eigenvalue weighted by atomic mass is 10.1. The molecule has 0 heterocycles. The summed E-state index contributed by atoms with van der Waals surface area (Å²) in [6.45, 7) is 0.0198. The van der Waals surface area contributed by atoms with Crippen LogP contribution in [0.15, 0.2) is 23.4 Å². The molecule has 1 aromatic rings. The van der Waals surface area contributed by atoms with Crippen LogP contribution < -0.4 is 5.73 Å². The largest absolute Gasteiger partial charge is 0.507 e. The summed E-state index contributed by atoms with van der Waals surface area (Å²) in [6.07, 6.45) is 3.80. The van der Waals surface area contributed by atoms with E-state index < -0.39 is 0 Å². The number of aromatic hydroxyl groups is 1. The first-order valence-corrected chi connectivity index (χ1v) is 7.16. The first-order chi connectivity index (χ1) is 10.0. The van der Waals surface area contributed by atoms with Gasteiger partial charge >= 0.3 is 0 Å². The fourth-order valence-corrected chi connectivity index (χ4v) is 2.80. The molecular weight excluding hydrogens is 294 g/mol. The van der Waals surface area contributed by atoms with Gasteiger partial charge < -0.3 is 20.9 Å². The zero-order valence-corrected chi connectivity index (χ0v) is 12.3.